The van der Waals surface area contributed by atoms with E-state index in [0.717, 1.165) is 18.7 Å². The minimum atomic E-state index is 0.343. The zero-order chi connectivity index (χ0) is 14.7. The van der Waals surface area contributed by atoms with Crippen LogP contribution in [0.25, 0.3) is 0 Å². The largest absolute Gasteiger partial charge is 0.476 e. The molecular formula is C16H21N3OS. The Morgan fingerprint density at radius 1 is 1.43 bits per heavy atom. The van der Waals surface area contributed by atoms with E-state index in [0.29, 0.717) is 24.2 Å². The second-order valence-electron chi connectivity index (χ2n) is 5.33. The summed E-state index contributed by atoms with van der Waals surface area (Å²) in [6.45, 7) is 2.71. The highest BCUT2D eigenvalue weighted by molar-refractivity contribution is 7.10. The Morgan fingerprint density at radius 2 is 2.33 bits per heavy atom. The Morgan fingerprint density at radius 3 is 3.19 bits per heavy atom. The summed E-state index contributed by atoms with van der Waals surface area (Å²) < 4.78 is 5.60. The highest BCUT2D eigenvalue weighted by Gasteiger charge is 2.21. The van der Waals surface area contributed by atoms with E-state index in [2.05, 4.69) is 28.7 Å². The third kappa shape index (κ3) is 3.13. The number of aryl methyl sites for hydroxylation is 1. The summed E-state index contributed by atoms with van der Waals surface area (Å²) in [4.78, 5) is 6.00. The first-order valence-electron chi connectivity index (χ1n) is 7.50. The van der Waals surface area contributed by atoms with Gasteiger partial charge in [-0.2, -0.15) is 4.98 Å². The minimum absolute atomic E-state index is 0.343. The Balaban J connectivity index is 1.77. The number of nitrogen functional groups attached to an aromatic ring is 1. The first kappa shape index (κ1) is 14.2. The maximum Gasteiger partial charge on any atom is 0.239 e. The number of hydrogen-bond donors (Lipinski definition) is 2. The molecule has 0 aromatic carbocycles. The lowest BCUT2D eigenvalue weighted by Gasteiger charge is -2.24. The number of anilines is 2. The second-order valence-corrected chi connectivity index (χ2v) is 6.33. The fraction of sp³-hybridized carbons (Fsp3) is 0.438. The van der Waals surface area contributed by atoms with Gasteiger partial charge in [0.25, 0.3) is 0 Å². The highest BCUT2D eigenvalue weighted by Crippen LogP contribution is 2.35. The molecule has 0 radical (unpaired) electrons. The number of hydrogen-bond acceptors (Lipinski definition) is 5. The molecule has 5 heteroatoms. The highest BCUT2D eigenvalue weighted by atomic mass is 32.1. The van der Waals surface area contributed by atoms with Crippen molar-refractivity contribution in [3.8, 4) is 5.88 Å². The van der Waals surface area contributed by atoms with Gasteiger partial charge in [0.15, 0.2) is 0 Å². The fourth-order valence-corrected chi connectivity index (χ4v) is 3.65. The molecule has 3 N–H and O–H groups in total. The molecule has 2 aromatic rings. The lowest BCUT2D eigenvalue weighted by atomic mass is 9.94. The lowest BCUT2D eigenvalue weighted by Crippen LogP contribution is -2.16. The van der Waals surface area contributed by atoms with Crippen LogP contribution < -0.4 is 15.8 Å². The maximum absolute atomic E-state index is 5.91. The van der Waals surface area contributed by atoms with Crippen molar-refractivity contribution in [2.75, 3.05) is 17.7 Å². The van der Waals surface area contributed by atoms with E-state index in [1.54, 1.807) is 0 Å². The smallest absolute Gasteiger partial charge is 0.239 e. The van der Waals surface area contributed by atoms with E-state index in [9.17, 15) is 0 Å². The standard InChI is InChI=1S/C16H21N3OS/c1-2-9-20-16-12(17)6-7-15(19-16)18-13-4-3-5-14-11(13)8-10-21-14/h6-8,10,13H,2-5,9,17H2,1H3,(H,18,19). The van der Waals surface area contributed by atoms with E-state index < -0.39 is 0 Å². The topological polar surface area (TPSA) is 60.2 Å². The number of thiophene rings is 1. The summed E-state index contributed by atoms with van der Waals surface area (Å²) in [6.07, 6.45) is 4.51. The molecule has 1 aliphatic rings. The first-order valence-corrected chi connectivity index (χ1v) is 8.38. The zero-order valence-electron chi connectivity index (χ0n) is 12.3. The average Bonchev–Trinajstić information content (AvgIpc) is 2.97. The van der Waals surface area contributed by atoms with E-state index >= 15 is 0 Å². The minimum Gasteiger partial charge on any atom is -0.476 e. The van der Waals surface area contributed by atoms with Gasteiger partial charge in [-0.25, -0.2) is 0 Å². The summed E-state index contributed by atoms with van der Waals surface area (Å²) in [6, 6.07) is 6.35. The molecular weight excluding hydrogens is 282 g/mol. The Kier molecular flexibility index (Phi) is 4.29. The quantitative estimate of drug-likeness (QED) is 0.876. The van der Waals surface area contributed by atoms with Crippen molar-refractivity contribution in [1.29, 1.82) is 0 Å². The van der Waals surface area contributed by atoms with Crippen molar-refractivity contribution in [2.45, 2.75) is 38.6 Å². The Labute approximate surface area is 129 Å². The molecule has 0 fully saturated rings. The number of rotatable bonds is 5. The van der Waals surface area contributed by atoms with Gasteiger partial charge in [0, 0.05) is 4.88 Å². The van der Waals surface area contributed by atoms with Gasteiger partial charge in [0.05, 0.1) is 18.3 Å². The van der Waals surface area contributed by atoms with Crippen molar-refractivity contribution >= 4 is 22.8 Å². The van der Waals surface area contributed by atoms with Crippen LogP contribution in [-0.4, -0.2) is 11.6 Å². The van der Waals surface area contributed by atoms with E-state index in [1.807, 2.05) is 23.5 Å². The van der Waals surface area contributed by atoms with Crippen LogP contribution in [0.5, 0.6) is 5.88 Å². The third-order valence-electron chi connectivity index (χ3n) is 3.71. The molecule has 112 valence electrons. The molecule has 1 unspecified atom stereocenters. The fourth-order valence-electron chi connectivity index (χ4n) is 2.66. The zero-order valence-corrected chi connectivity index (χ0v) is 13.1. The van der Waals surface area contributed by atoms with E-state index in [-0.39, 0.29) is 0 Å². The monoisotopic (exact) mass is 303 g/mol. The number of nitrogens with one attached hydrogen (secondary N) is 1. The summed E-state index contributed by atoms with van der Waals surface area (Å²) in [5, 5.41) is 5.70. The van der Waals surface area contributed by atoms with Crippen LogP contribution in [-0.2, 0) is 6.42 Å². The molecule has 0 bridgehead atoms. The molecule has 0 saturated carbocycles. The van der Waals surface area contributed by atoms with Crippen molar-refractivity contribution in [3.63, 3.8) is 0 Å². The van der Waals surface area contributed by atoms with Gasteiger partial charge >= 0.3 is 0 Å². The van der Waals surface area contributed by atoms with Crippen LogP contribution in [0.1, 0.15) is 42.7 Å². The molecule has 2 aromatic heterocycles. The number of ether oxygens (including phenoxy) is 1. The second kappa shape index (κ2) is 6.35. The molecule has 21 heavy (non-hydrogen) atoms. The number of aromatic nitrogens is 1. The molecule has 0 amide bonds. The lowest BCUT2D eigenvalue weighted by molar-refractivity contribution is 0.307. The Hall–Kier alpha value is -1.75. The van der Waals surface area contributed by atoms with Crippen LogP contribution in [0.15, 0.2) is 23.6 Å². The average molecular weight is 303 g/mol. The van der Waals surface area contributed by atoms with E-state index in [1.165, 1.54) is 23.3 Å². The van der Waals surface area contributed by atoms with Crippen molar-refractivity contribution in [1.82, 2.24) is 4.98 Å². The SMILES string of the molecule is CCCOc1nc(NC2CCCc3sccc32)ccc1N. The first-order chi connectivity index (χ1) is 10.3. The van der Waals surface area contributed by atoms with E-state index in [4.69, 9.17) is 10.5 Å². The molecule has 2 heterocycles. The molecule has 1 aliphatic carbocycles. The van der Waals surface area contributed by atoms with Crippen molar-refractivity contribution in [2.24, 2.45) is 0 Å². The van der Waals surface area contributed by atoms with Gasteiger partial charge in [-0.3, -0.25) is 0 Å². The molecule has 1 atom stereocenters. The predicted molar refractivity (Wildman–Crippen MR) is 88.1 cm³/mol. The number of fused-ring (bicyclic) bond motifs is 1. The molecule has 0 aliphatic heterocycles. The molecule has 0 saturated heterocycles. The predicted octanol–water partition coefficient (Wildman–Crippen LogP) is 4.00. The van der Waals surface area contributed by atoms with Gasteiger partial charge in [-0.1, -0.05) is 6.92 Å². The summed E-state index contributed by atoms with van der Waals surface area (Å²) in [5.41, 5.74) is 7.92. The Bertz CT molecular complexity index is 611. The van der Waals surface area contributed by atoms with Gasteiger partial charge < -0.3 is 15.8 Å². The summed E-state index contributed by atoms with van der Waals surface area (Å²) in [7, 11) is 0. The van der Waals surface area contributed by atoms with Crippen LogP contribution in [0.4, 0.5) is 11.5 Å². The van der Waals surface area contributed by atoms with Crippen molar-refractivity contribution in [3.05, 3.63) is 34.0 Å². The molecule has 3 rings (SSSR count). The maximum atomic E-state index is 5.91. The van der Waals surface area contributed by atoms with Gasteiger partial charge in [0.1, 0.15) is 5.82 Å². The number of nitrogens with zero attached hydrogens (tertiary/aromatic N) is 1. The van der Waals surface area contributed by atoms with Crippen LogP contribution in [0.3, 0.4) is 0 Å². The third-order valence-corrected chi connectivity index (χ3v) is 4.70. The normalized spacial score (nSPS) is 17.3. The van der Waals surface area contributed by atoms with Crippen LogP contribution in [0.2, 0.25) is 0 Å². The van der Waals surface area contributed by atoms with Gasteiger partial charge in [-0.15, -0.1) is 11.3 Å². The van der Waals surface area contributed by atoms with Crippen LogP contribution in [0, 0.1) is 0 Å². The molecule has 4 nitrogen and oxygen atoms in total. The summed E-state index contributed by atoms with van der Waals surface area (Å²) in [5.74, 6) is 1.36. The van der Waals surface area contributed by atoms with Gasteiger partial charge in [-0.05, 0) is 54.8 Å². The van der Waals surface area contributed by atoms with Crippen molar-refractivity contribution < 1.29 is 4.74 Å². The number of pyridine rings is 1. The summed E-state index contributed by atoms with van der Waals surface area (Å²) >= 11 is 1.85. The number of nitrogens with two attached hydrogens (primary N) is 1. The van der Waals surface area contributed by atoms with Gasteiger partial charge in [0.2, 0.25) is 5.88 Å². The van der Waals surface area contributed by atoms with Crippen LogP contribution >= 0.6 is 11.3 Å². The molecule has 0 spiro atoms.